The first-order valence-electron chi connectivity index (χ1n) is 11.6. The first kappa shape index (κ1) is 26.0. The number of aromatic nitrogens is 5. The molecule has 0 bridgehead atoms. The van der Waals surface area contributed by atoms with E-state index in [9.17, 15) is 19.2 Å². The number of Topliss-reactive ketones (excluding diaryl/α,β-unsaturated/α-hetero) is 1. The molecule has 3 aromatic heterocycles. The lowest BCUT2D eigenvalue weighted by Crippen LogP contribution is -2.56. The molecule has 11 nitrogen and oxygen atoms in total. The number of methoxy groups -OCH3 is 1. The van der Waals surface area contributed by atoms with Crippen molar-refractivity contribution in [3.05, 3.63) is 68.6 Å². The molecule has 3 heterocycles. The lowest BCUT2D eigenvalue weighted by Gasteiger charge is -2.27. The Morgan fingerprint density at radius 2 is 1.78 bits per heavy atom. The number of ketones is 1. The average molecular weight is 525 g/mol. The summed E-state index contributed by atoms with van der Waals surface area (Å²) in [7, 11) is 1.46. The summed E-state index contributed by atoms with van der Waals surface area (Å²) in [5.41, 5.74) is -2.11. The average Bonchev–Trinajstić information content (AvgIpc) is 3.49. The quantitative estimate of drug-likeness (QED) is 0.350. The number of fused-ring (bicyclic) bond motifs is 1. The topological polar surface area (TPSA) is 130 Å². The third-order valence-corrected chi connectivity index (χ3v) is 7.31. The molecule has 1 aromatic carbocycles. The minimum absolute atomic E-state index is 0.207. The SMILES string of the molecule is COc1ccccc1C(=O)Cn1c(=O)n(C(C)(C)C(=O)NC(C)C)c(=O)c2c(C)c(-n3nccn3)sc21. The van der Waals surface area contributed by atoms with Gasteiger partial charge in [-0.05, 0) is 46.8 Å². The second kappa shape index (κ2) is 9.77. The van der Waals surface area contributed by atoms with Gasteiger partial charge in [0, 0.05) is 11.6 Å². The van der Waals surface area contributed by atoms with Gasteiger partial charge >= 0.3 is 5.69 Å². The van der Waals surface area contributed by atoms with Gasteiger partial charge < -0.3 is 10.1 Å². The number of thiophene rings is 1. The molecule has 37 heavy (non-hydrogen) atoms. The van der Waals surface area contributed by atoms with Crippen molar-refractivity contribution in [2.24, 2.45) is 0 Å². The molecule has 4 rings (SSSR count). The van der Waals surface area contributed by atoms with E-state index in [1.807, 2.05) is 0 Å². The van der Waals surface area contributed by atoms with E-state index in [-0.39, 0.29) is 23.8 Å². The van der Waals surface area contributed by atoms with Crippen LogP contribution in [0.2, 0.25) is 0 Å². The molecule has 1 N–H and O–H groups in total. The smallest absolute Gasteiger partial charge is 0.333 e. The summed E-state index contributed by atoms with van der Waals surface area (Å²) in [6.07, 6.45) is 3.00. The Kier molecular flexibility index (Phi) is 6.87. The van der Waals surface area contributed by atoms with Gasteiger partial charge in [0.05, 0.1) is 37.0 Å². The maximum atomic E-state index is 13.9. The zero-order chi connectivity index (χ0) is 27.1. The second-order valence-corrected chi connectivity index (χ2v) is 10.3. The Morgan fingerprint density at radius 3 is 2.41 bits per heavy atom. The van der Waals surface area contributed by atoms with Gasteiger partial charge in [0.2, 0.25) is 5.91 Å². The Morgan fingerprint density at radius 1 is 1.14 bits per heavy atom. The summed E-state index contributed by atoms with van der Waals surface area (Å²) in [6.45, 7) is 7.94. The maximum Gasteiger partial charge on any atom is 0.333 e. The molecule has 0 aliphatic heterocycles. The number of benzene rings is 1. The Labute approximate surface area is 216 Å². The standard InChI is InChI=1S/C25H28N6O5S/c1-14(2)28-23(34)25(4,5)30-20(33)19-15(3)21(31-26-11-12-27-31)37-22(19)29(24(30)35)13-17(32)16-9-7-8-10-18(16)36-6/h7-12,14H,13H2,1-6H3,(H,28,34). The fourth-order valence-electron chi connectivity index (χ4n) is 4.12. The third-order valence-electron chi connectivity index (χ3n) is 6.03. The highest BCUT2D eigenvalue weighted by Gasteiger charge is 2.36. The first-order chi connectivity index (χ1) is 17.5. The van der Waals surface area contributed by atoms with E-state index in [0.717, 1.165) is 15.9 Å². The minimum Gasteiger partial charge on any atom is -0.496 e. The van der Waals surface area contributed by atoms with Crippen LogP contribution in [0.3, 0.4) is 0 Å². The molecular formula is C25H28N6O5S. The van der Waals surface area contributed by atoms with E-state index in [1.165, 1.54) is 42.7 Å². The second-order valence-electron chi connectivity index (χ2n) is 9.35. The van der Waals surface area contributed by atoms with Crippen molar-refractivity contribution in [2.75, 3.05) is 7.11 Å². The third kappa shape index (κ3) is 4.48. The highest BCUT2D eigenvalue weighted by Crippen LogP contribution is 2.31. The summed E-state index contributed by atoms with van der Waals surface area (Å²) in [6, 6.07) is 6.49. The number of rotatable bonds is 8. The van der Waals surface area contributed by atoms with Crippen molar-refractivity contribution in [1.29, 1.82) is 0 Å². The monoisotopic (exact) mass is 524 g/mol. The number of carbonyl (C=O) groups is 2. The van der Waals surface area contributed by atoms with E-state index >= 15 is 0 Å². The van der Waals surface area contributed by atoms with E-state index in [1.54, 1.807) is 45.0 Å². The van der Waals surface area contributed by atoms with Crippen molar-refractivity contribution in [1.82, 2.24) is 29.4 Å². The highest BCUT2D eigenvalue weighted by atomic mass is 32.1. The molecule has 194 valence electrons. The van der Waals surface area contributed by atoms with E-state index in [2.05, 4.69) is 15.5 Å². The van der Waals surface area contributed by atoms with E-state index in [4.69, 9.17) is 4.74 Å². The number of para-hydroxylation sites is 1. The van der Waals surface area contributed by atoms with E-state index < -0.39 is 22.7 Å². The number of aryl methyl sites for hydroxylation is 1. The lowest BCUT2D eigenvalue weighted by molar-refractivity contribution is -0.129. The van der Waals surface area contributed by atoms with Crippen molar-refractivity contribution in [2.45, 2.75) is 52.7 Å². The van der Waals surface area contributed by atoms with Crippen LogP contribution in [0.1, 0.15) is 43.6 Å². The van der Waals surface area contributed by atoms with Crippen LogP contribution >= 0.6 is 11.3 Å². The molecule has 0 saturated heterocycles. The lowest BCUT2D eigenvalue weighted by atomic mass is 10.0. The summed E-state index contributed by atoms with van der Waals surface area (Å²) in [4.78, 5) is 55.9. The number of amides is 1. The van der Waals surface area contributed by atoms with Crippen LogP contribution in [-0.4, -0.2) is 49.0 Å². The van der Waals surface area contributed by atoms with Crippen molar-refractivity contribution < 1.29 is 14.3 Å². The van der Waals surface area contributed by atoms with Gasteiger partial charge in [0.15, 0.2) is 5.78 Å². The summed E-state index contributed by atoms with van der Waals surface area (Å²) < 4.78 is 7.48. The fraction of sp³-hybridized carbons (Fsp3) is 0.360. The number of nitrogens with zero attached hydrogens (tertiary/aromatic N) is 5. The number of nitrogens with one attached hydrogen (secondary N) is 1. The Balaban J connectivity index is 2.01. The molecule has 4 aromatic rings. The number of hydrogen-bond donors (Lipinski definition) is 1. The Hall–Kier alpha value is -4.06. The van der Waals surface area contributed by atoms with Crippen LogP contribution in [0.25, 0.3) is 15.2 Å². The largest absolute Gasteiger partial charge is 0.496 e. The van der Waals surface area contributed by atoms with Gasteiger partial charge in [-0.15, -0.1) is 4.80 Å². The molecule has 0 unspecified atom stereocenters. The molecule has 0 aliphatic carbocycles. The van der Waals surface area contributed by atoms with Gasteiger partial charge in [-0.1, -0.05) is 23.5 Å². The molecule has 0 atom stereocenters. The molecule has 0 fully saturated rings. The van der Waals surface area contributed by atoms with Crippen LogP contribution in [0.5, 0.6) is 5.75 Å². The van der Waals surface area contributed by atoms with E-state index in [0.29, 0.717) is 26.7 Å². The predicted molar refractivity (Wildman–Crippen MR) is 140 cm³/mol. The van der Waals surface area contributed by atoms with Crippen LogP contribution in [0.15, 0.2) is 46.2 Å². The predicted octanol–water partition coefficient (Wildman–Crippen LogP) is 2.27. The van der Waals surface area contributed by atoms with Crippen molar-refractivity contribution >= 4 is 33.2 Å². The molecule has 0 radical (unpaired) electrons. The molecule has 0 aliphatic rings. The van der Waals surface area contributed by atoms with Gasteiger partial charge in [-0.2, -0.15) is 10.2 Å². The number of ether oxygens (including phenoxy) is 1. The normalized spacial score (nSPS) is 11.8. The number of carbonyl (C=O) groups excluding carboxylic acids is 2. The van der Waals surface area contributed by atoms with Crippen molar-refractivity contribution in [3.8, 4) is 10.8 Å². The zero-order valence-electron chi connectivity index (χ0n) is 21.4. The van der Waals surface area contributed by atoms with Crippen LogP contribution < -0.4 is 21.3 Å². The maximum absolute atomic E-state index is 13.9. The fourth-order valence-corrected chi connectivity index (χ4v) is 5.33. The molecular weight excluding hydrogens is 496 g/mol. The minimum atomic E-state index is -1.54. The molecule has 1 amide bonds. The zero-order valence-corrected chi connectivity index (χ0v) is 22.3. The van der Waals surface area contributed by atoms with Crippen molar-refractivity contribution in [3.63, 3.8) is 0 Å². The summed E-state index contributed by atoms with van der Waals surface area (Å²) in [5, 5.41) is 11.8. The molecule has 12 heteroatoms. The van der Waals surface area contributed by atoms with Gasteiger partial charge in [-0.25, -0.2) is 9.36 Å². The number of hydrogen-bond acceptors (Lipinski definition) is 8. The summed E-state index contributed by atoms with van der Waals surface area (Å²) in [5.74, 6) is -0.517. The van der Waals surface area contributed by atoms with Gasteiger partial charge in [0.1, 0.15) is 21.1 Å². The van der Waals surface area contributed by atoms with Gasteiger partial charge in [-0.3, -0.25) is 19.0 Å². The van der Waals surface area contributed by atoms with Crippen LogP contribution in [0.4, 0.5) is 0 Å². The summed E-state index contributed by atoms with van der Waals surface area (Å²) >= 11 is 1.13. The van der Waals surface area contributed by atoms with Gasteiger partial charge in [0.25, 0.3) is 5.56 Å². The first-order valence-corrected chi connectivity index (χ1v) is 12.4. The Bertz CT molecular complexity index is 1610. The highest BCUT2D eigenvalue weighted by molar-refractivity contribution is 7.21. The molecule has 0 spiro atoms. The van der Waals surface area contributed by atoms with Crippen LogP contribution in [0, 0.1) is 6.92 Å². The van der Waals surface area contributed by atoms with Crippen LogP contribution in [-0.2, 0) is 16.9 Å². The molecule has 0 saturated carbocycles.